The first kappa shape index (κ1) is 13.0. The standard InChI is InChI=1S/C14H20N2O2/c17-13-7-4-12(5-8-13)16-14(18)9-6-11-3-1-2-10-15-11/h1-3,10,12-13,17H,4-9H2,(H,16,18). The molecule has 0 aliphatic heterocycles. The van der Waals surface area contributed by atoms with E-state index in [0.29, 0.717) is 12.8 Å². The third kappa shape index (κ3) is 4.11. The van der Waals surface area contributed by atoms with Crippen LogP contribution in [-0.4, -0.2) is 28.1 Å². The van der Waals surface area contributed by atoms with Gasteiger partial charge in [0.05, 0.1) is 6.10 Å². The smallest absolute Gasteiger partial charge is 0.220 e. The number of aliphatic hydroxyl groups is 1. The SMILES string of the molecule is O=C(CCc1ccccn1)NC1CCC(O)CC1. The number of pyridine rings is 1. The van der Waals surface area contributed by atoms with E-state index in [0.717, 1.165) is 31.4 Å². The zero-order valence-electron chi connectivity index (χ0n) is 10.5. The molecule has 0 radical (unpaired) electrons. The Balaban J connectivity index is 1.69. The summed E-state index contributed by atoms with van der Waals surface area (Å²) in [5.41, 5.74) is 0.951. The minimum atomic E-state index is -0.174. The van der Waals surface area contributed by atoms with E-state index in [-0.39, 0.29) is 18.1 Å². The number of aryl methyl sites for hydroxylation is 1. The fourth-order valence-electron chi connectivity index (χ4n) is 2.31. The molecule has 4 heteroatoms. The third-order valence-electron chi connectivity index (χ3n) is 3.40. The molecule has 2 N–H and O–H groups in total. The maximum atomic E-state index is 11.8. The van der Waals surface area contributed by atoms with Crippen molar-refractivity contribution in [2.75, 3.05) is 0 Å². The number of amides is 1. The van der Waals surface area contributed by atoms with Gasteiger partial charge >= 0.3 is 0 Å². The zero-order chi connectivity index (χ0) is 12.8. The molecule has 4 nitrogen and oxygen atoms in total. The zero-order valence-corrected chi connectivity index (χ0v) is 10.5. The van der Waals surface area contributed by atoms with Crippen LogP contribution in [0.3, 0.4) is 0 Å². The van der Waals surface area contributed by atoms with E-state index in [1.807, 2.05) is 18.2 Å². The van der Waals surface area contributed by atoms with Gasteiger partial charge in [0.15, 0.2) is 0 Å². The average Bonchev–Trinajstić information content (AvgIpc) is 2.40. The van der Waals surface area contributed by atoms with Gasteiger partial charge in [-0.15, -0.1) is 0 Å². The maximum Gasteiger partial charge on any atom is 0.220 e. The van der Waals surface area contributed by atoms with Gasteiger partial charge in [0.1, 0.15) is 0 Å². The first-order valence-electron chi connectivity index (χ1n) is 6.61. The molecule has 0 bridgehead atoms. The van der Waals surface area contributed by atoms with Crippen molar-refractivity contribution in [2.24, 2.45) is 0 Å². The van der Waals surface area contributed by atoms with E-state index < -0.39 is 0 Å². The fraction of sp³-hybridized carbons (Fsp3) is 0.571. The molecule has 0 spiro atoms. The number of hydrogen-bond donors (Lipinski definition) is 2. The molecule has 18 heavy (non-hydrogen) atoms. The molecular formula is C14H20N2O2. The summed E-state index contributed by atoms with van der Waals surface area (Å²) in [4.78, 5) is 16.0. The summed E-state index contributed by atoms with van der Waals surface area (Å²) in [7, 11) is 0. The van der Waals surface area contributed by atoms with Crippen LogP contribution in [0.2, 0.25) is 0 Å². The van der Waals surface area contributed by atoms with Crippen molar-refractivity contribution in [3.63, 3.8) is 0 Å². The van der Waals surface area contributed by atoms with Crippen LogP contribution in [0, 0.1) is 0 Å². The van der Waals surface area contributed by atoms with Crippen molar-refractivity contribution in [1.29, 1.82) is 0 Å². The Hall–Kier alpha value is -1.42. The molecule has 1 aromatic heterocycles. The number of aliphatic hydroxyl groups excluding tert-OH is 1. The largest absolute Gasteiger partial charge is 0.393 e. The molecule has 1 saturated carbocycles. The Bertz CT molecular complexity index is 373. The Kier molecular flexibility index (Phi) is 4.70. The number of hydrogen-bond acceptors (Lipinski definition) is 3. The molecule has 1 aliphatic rings. The first-order valence-corrected chi connectivity index (χ1v) is 6.61. The molecule has 0 unspecified atom stereocenters. The lowest BCUT2D eigenvalue weighted by Gasteiger charge is -2.26. The van der Waals surface area contributed by atoms with E-state index >= 15 is 0 Å². The number of nitrogens with one attached hydrogen (secondary N) is 1. The van der Waals surface area contributed by atoms with Gasteiger partial charge in [-0.25, -0.2) is 0 Å². The Morgan fingerprint density at radius 3 is 2.78 bits per heavy atom. The van der Waals surface area contributed by atoms with Crippen molar-refractivity contribution in [3.8, 4) is 0 Å². The molecule has 1 aliphatic carbocycles. The monoisotopic (exact) mass is 248 g/mol. The van der Waals surface area contributed by atoms with Crippen molar-refractivity contribution in [3.05, 3.63) is 30.1 Å². The second-order valence-corrected chi connectivity index (χ2v) is 4.89. The minimum absolute atomic E-state index is 0.0852. The Morgan fingerprint density at radius 2 is 2.11 bits per heavy atom. The highest BCUT2D eigenvalue weighted by Gasteiger charge is 2.20. The minimum Gasteiger partial charge on any atom is -0.393 e. The Morgan fingerprint density at radius 1 is 1.33 bits per heavy atom. The lowest BCUT2D eigenvalue weighted by atomic mass is 9.93. The lowest BCUT2D eigenvalue weighted by Crippen LogP contribution is -2.38. The molecule has 1 fully saturated rings. The Labute approximate surface area is 107 Å². The van der Waals surface area contributed by atoms with Crippen molar-refractivity contribution >= 4 is 5.91 Å². The van der Waals surface area contributed by atoms with Crippen LogP contribution in [0.4, 0.5) is 0 Å². The molecule has 1 aromatic rings. The summed E-state index contributed by atoms with van der Waals surface area (Å²) in [5.74, 6) is 0.0852. The molecule has 0 atom stereocenters. The predicted molar refractivity (Wildman–Crippen MR) is 69.0 cm³/mol. The molecular weight excluding hydrogens is 228 g/mol. The van der Waals surface area contributed by atoms with E-state index in [1.54, 1.807) is 6.20 Å². The summed E-state index contributed by atoms with van der Waals surface area (Å²) in [5, 5.41) is 12.4. The molecule has 0 saturated heterocycles. The van der Waals surface area contributed by atoms with E-state index in [9.17, 15) is 9.90 Å². The highest BCUT2D eigenvalue weighted by molar-refractivity contribution is 5.76. The van der Waals surface area contributed by atoms with Gasteiger partial charge in [-0.1, -0.05) is 6.07 Å². The second-order valence-electron chi connectivity index (χ2n) is 4.89. The van der Waals surface area contributed by atoms with Crippen LogP contribution in [-0.2, 0) is 11.2 Å². The fourth-order valence-corrected chi connectivity index (χ4v) is 2.31. The number of carbonyl (C=O) groups is 1. The van der Waals surface area contributed by atoms with Gasteiger partial charge in [0.25, 0.3) is 0 Å². The lowest BCUT2D eigenvalue weighted by molar-refractivity contribution is -0.122. The van der Waals surface area contributed by atoms with Crippen LogP contribution in [0.15, 0.2) is 24.4 Å². The summed E-state index contributed by atoms with van der Waals surface area (Å²) >= 11 is 0. The molecule has 2 rings (SSSR count). The number of rotatable bonds is 4. The summed E-state index contributed by atoms with van der Waals surface area (Å²) in [6.07, 6.45) is 6.10. The highest BCUT2D eigenvalue weighted by Crippen LogP contribution is 2.18. The van der Waals surface area contributed by atoms with Crippen LogP contribution >= 0.6 is 0 Å². The van der Waals surface area contributed by atoms with Crippen molar-refractivity contribution in [1.82, 2.24) is 10.3 Å². The van der Waals surface area contributed by atoms with Gasteiger partial charge < -0.3 is 10.4 Å². The van der Waals surface area contributed by atoms with Gasteiger partial charge in [-0.3, -0.25) is 9.78 Å². The molecule has 1 heterocycles. The van der Waals surface area contributed by atoms with Gasteiger partial charge in [-0.2, -0.15) is 0 Å². The molecule has 98 valence electrons. The average molecular weight is 248 g/mol. The maximum absolute atomic E-state index is 11.8. The topological polar surface area (TPSA) is 62.2 Å². The molecule has 0 aromatic carbocycles. The van der Waals surface area contributed by atoms with E-state index in [1.165, 1.54) is 0 Å². The van der Waals surface area contributed by atoms with Gasteiger partial charge in [0.2, 0.25) is 5.91 Å². The normalized spacial score (nSPS) is 23.6. The summed E-state index contributed by atoms with van der Waals surface area (Å²) < 4.78 is 0. The second kappa shape index (κ2) is 6.50. The third-order valence-corrected chi connectivity index (χ3v) is 3.40. The predicted octanol–water partition coefficient (Wildman–Crippen LogP) is 1.43. The summed E-state index contributed by atoms with van der Waals surface area (Å²) in [6, 6.07) is 5.98. The van der Waals surface area contributed by atoms with E-state index in [2.05, 4.69) is 10.3 Å². The highest BCUT2D eigenvalue weighted by atomic mass is 16.3. The number of aromatic nitrogens is 1. The van der Waals surface area contributed by atoms with Gasteiger partial charge in [0, 0.05) is 24.4 Å². The van der Waals surface area contributed by atoms with Gasteiger partial charge in [-0.05, 0) is 44.2 Å². The van der Waals surface area contributed by atoms with Crippen LogP contribution < -0.4 is 5.32 Å². The van der Waals surface area contributed by atoms with Crippen molar-refractivity contribution in [2.45, 2.75) is 50.7 Å². The van der Waals surface area contributed by atoms with E-state index in [4.69, 9.17) is 0 Å². The van der Waals surface area contributed by atoms with Crippen LogP contribution in [0.5, 0.6) is 0 Å². The quantitative estimate of drug-likeness (QED) is 0.847. The van der Waals surface area contributed by atoms with Crippen LogP contribution in [0.25, 0.3) is 0 Å². The first-order chi connectivity index (χ1) is 8.74. The van der Waals surface area contributed by atoms with Crippen molar-refractivity contribution < 1.29 is 9.90 Å². The number of carbonyl (C=O) groups excluding carboxylic acids is 1. The molecule has 1 amide bonds. The summed E-state index contributed by atoms with van der Waals surface area (Å²) in [6.45, 7) is 0. The van der Waals surface area contributed by atoms with Crippen LogP contribution in [0.1, 0.15) is 37.8 Å². The number of nitrogens with zero attached hydrogens (tertiary/aromatic N) is 1.